The molecule has 0 aliphatic heterocycles. The Kier molecular flexibility index (Phi) is 5.06. The number of halogens is 3. The van der Waals surface area contributed by atoms with Crippen molar-refractivity contribution in [3.63, 3.8) is 0 Å². The standard InChI is InChI=1S/C16H18F3NS/c1-3-20-14(15-11(2)8-9-21-15)10-12-4-6-13(7-5-12)16(17,18)19/h4-9,14,20H,3,10H2,1-2H3. The summed E-state index contributed by atoms with van der Waals surface area (Å²) in [6.07, 6.45) is -3.59. The van der Waals surface area contributed by atoms with Crippen LogP contribution in [0.5, 0.6) is 0 Å². The quantitative estimate of drug-likeness (QED) is 0.822. The van der Waals surface area contributed by atoms with Gasteiger partial charge in [0.05, 0.1) is 5.56 Å². The van der Waals surface area contributed by atoms with Gasteiger partial charge in [-0.1, -0.05) is 19.1 Å². The Morgan fingerprint density at radius 3 is 2.29 bits per heavy atom. The number of benzene rings is 1. The number of likely N-dealkylation sites (N-methyl/N-ethyl adjacent to an activating group) is 1. The summed E-state index contributed by atoms with van der Waals surface area (Å²) in [5.41, 5.74) is 1.53. The molecule has 1 atom stereocenters. The van der Waals surface area contributed by atoms with Crippen molar-refractivity contribution in [2.45, 2.75) is 32.5 Å². The first kappa shape index (κ1) is 16.0. The number of hydrogen-bond acceptors (Lipinski definition) is 2. The van der Waals surface area contributed by atoms with Crippen molar-refractivity contribution >= 4 is 11.3 Å². The first-order chi connectivity index (χ1) is 9.91. The predicted octanol–water partition coefficient (Wildman–Crippen LogP) is 4.97. The average molecular weight is 313 g/mol. The lowest BCUT2D eigenvalue weighted by molar-refractivity contribution is -0.137. The van der Waals surface area contributed by atoms with Gasteiger partial charge in [-0.25, -0.2) is 0 Å². The van der Waals surface area contributed by atoms with Gasteiger partial charge in [-0.15, -0.1) is 11.3 Å². The zero-order chi connectivity index (χ0) is 15.5. The lowest BCUT2D eigenvalue weighted by Gasteiger charge is -2.18. The van der Waals surface area contributed by atoms with E-state index in [1.165, 1.54) is 10.4 Å². The molecule has 0 saturated heterocycles. The van der Waals surface area contributed by atoms with E-state index < -0.39 is 11.7 Å². The fraction of sp³-hybridized carbons (Fsp3) is 0.375. The second-order valence-electron chi connectivity index (χ2n) is 4.98. The number of rotatable bonds is 5. The van der Waals surface area contributed by atoms with Gasteiger partial charge in [0, 0.05) is 10.9 Å². The van der Waals surface area contributed by atoms with Crippen molar-refractivity contribution in [2.75, 3.05) is 6.54 Å². The van der Waals surface area contributed by atoms with Crippen LogP contribution in [0.3, 0.4) is 0 Å². The third-order valence-electron chi connectivity index (χ3n) is 3.39. The van der Waals surface area contributed by atoms with Crippen LogP contribution in [0, 0.1) is 6.92 Å². The summed E-state index contributed by atoms with van der Waals surface area (Å²) in [5.74, 6) is 0. The van der Waals surface area contributed by atoms with Crippen molar-refractivity contribution in [3.8, 4) is 0 Å². The highest BCUT2D eigenvalue weighted by Gasteiger charge is 2.30. The summed E-state index contributed by atoms with van der Waals surface area (Å²) >= 11 is 1.68. The first-order valence-corrected chi connectivity index (χ1v) is 7.73. The van der Waals surface area contributed by atoms with E-state index in [0.717, 1.165) is 24.2 Å². The Labute approximate surface area is 126 Å². The van der Waals surface area contributed by atoms with Gasteiger partial charge in [-0.2, -0.15) is 13.2 Å². The van der Waals surface area contributed by atoms with E-state index in [0.29, 0.717) is 6.42 Å². The number of thiophene rings is 1. The average Bonchev–Trinajstić information content (AvgIpc) is 2.84. The molecular weight excluding hydrogens is 295 g/mol. The maximum atomic E-state index is 12.6. The molecule has 5 heteroatoms. The summed E-state index contributed by atoms with van der Waals surface area (Å²) in [6, 6.07) is 7.65. The number of hydrogen-bond donors (Lipinski definition) is 1. The van der Waals surface area contributed by atoms with E-state index >= 15 is 0 Å². The molecule has 0 aliphatic rings. The molecular formula is C16H18F3NS. The molecule has 1 nitrogen and oxygen atoms in total. The van der Waals surface area contributed by atoms with E-state index in [-0.39, 0.29) is 6.04 Å². The van der Waals surface area contributed by atoms with Gasteiger partial charge in [0.2, 0.25) is 0 Å². The minimum Gasteiger partial charge on any atom is -0.309 e. The second-order valence-corrected chi connectivity index (χ2v) is 5.92. The molecule has 1 N–H and O–H groups in total. The van der Waals surface area contributed by atoms with Crippen molar-refractivity contribution in [3.05, 3.63) is 57.3 Å². The van der Waals surface area contributed by atoms with Crippen LogP contribution in [0.2, 0.25) is 0 Å². The molecule has 0 spiro atoms. The zero-order valence-electron chi connectivity index (χ0n) is 12.0. The lowest BCUT2D eigenvalue weighted by atomic mass is 10.0. The van der Waals surface area contributed by atoms with Gasteiger partial charge in [0.25, 0.3) is 0 Å². The molecule has 0 saturated carbocycles. The molecule has 0 amide bonds. The van der Waals surface area contributed by atoms with Crippen LogP contribution in [0.25, 0.3) is 0 Å². The Bertz CT molecular complexity index is 572. The summed E-state index contributed by atoms with van der Waals surface area (Å²) in [4.78, 5) is 1.25. The Balaban J connectivity index is 2.16. The van der Waals surface area contributed by atoms with E-state index in [1.807, 2.05) is 12.3 Å². The molecule has 21 heavy (non-hydrogen) atoms. The lowest BCUT2D eigenvalue weighted by Crippen LogP contribution is -2.22. The molecule has 2 rings (SSSR count). The largest absolute Gasteiger partial charge is 0.416 e. The number of alkyl halides is 3. The summed E-state index contributed by atoms with van der Waals surface area (Å²) < 4.78 is 37.7. The number of nitrogens with one attached hydrogen (secondary N) is 1. The van der Waals surface area contributed by atoms with Gasteiger partial charge >= 0.3 is 6.18 Å². The van der Waals surface area contributed by atoms with Gasteiger partial charge in [0.1, 0.15) is 0 Å². The van der Waals surface area contributed by atoms with E-state index in [9.17, 15) is 13.2 Å². The number of aryl methyl sites for hydroxylation is 1. The minimum absolute atomic E-state index is 0.145. The summed E-state index contributed by atoms with van der Waals surface area (Å²) in [6.45, 7) is 4.91. The Hall–Kier alpha value is -1.33. The van der Waals surface area contributed by atoms with Crippen LogP contribution in [-0.2, 0) is 12.6 Å². The monoisotopic (exact) mass is 313 g/mol. The van der Waals surface area contributed by atoms with E-state index in [1.54, 1.807) is 23.5 Å². The molecule has 2 aromatic rings. The third-order valence-corrected chi connectivity index (χ3v) is 4.52. The van der Waals surface area contributed by atoms with Crippen molar-refractivity contribution in [1.82, 2.24) is 5.32 Å². The smallest absolute Gasteiger partial charge is 0.309 e. The van der Waals surface area contributed by atoms with Gasteiger partial charge in [-0.05, 0) is 54.6 Å². The fourth-order valence-corrected chi connectivity index (χ4v) is 3.31. The predicted molar refractivity (Wildman–Crippen MR) is 80.6 cm³/mol. The van der Waals surface area contributed by atoms with E-state index in [4.69, 9.17) is 0 Å². The molecule has 0 radical (unpaired) electrons. The van der Waals surface area contributed by atoms with Crippen molar-refractivity contribution < 1.29 is 13.2 Å². The highest BCUT2D eigenvalue weighted by atomic mass is 32.1. The van der Waals surface area contributed by atoms with Crippen LogP contribution >= 0.6 is 11.3 Å². The molecule has 0 aliphatic carbocycles. The molecule has 1 aromatic carbocycles. The van der Waals surface area contributed by atoms with Crippen LogP contribution in [0.4, 0.5) is 13.2 Å². The van der Waals surface area contributed by atoms with Crippen LogP contribution < -0.4 is 5.32 Å². The Morgan fingerprint density at radius 1 is 1.14 bits per heavy atom. The highest BCUT2D eigenvalue weighted by molar-refractivity contribution is 7.10. The van der Waals surface area contributed by atoms with Gasteiger partial charge in [0.15, 0.2) is 0 Å². The fourth-order valence-electron chi connectivity index (χ4n) is 2.31. The minimum atomic E-state index is -4.27. The maximum absolute atomic E-state index is 12.6. The Morgan fingerprint density at radius 2 is 1.81 bits per heavy atom. The maximum Gasteiger partial charge on any atom is 0.416 e. The van der Waals surface area contributed by atoms with Gasteiger partial charge in [-0.3, -0.25) is 0 Å². The summed E-state index contributed by atoms with van der Waals surface area (Å²) in [5, 5.41) is 5.45. The molecule has 114 valence electrons. The molecule has 1 heterocycles. The van der Waals surface area contributed by atoms with Gasteiger partial charge < -0.3 is 5.32 Å². The molecule has 0 fully saturated rings. The molecule has 0 bridgehead atoms. The third kappa shape index (κ3) is 4.08. The topological polar surface area (TPSA) is 12.0 Å². The zero-order valence-corrected chi connectivity index (χ0v) is 12.8. The second kappa shape index (κ2) is 6.62. The molecule has 1 unspecified atom stereocenters. The SMILES string of the molecule is CCNC(Cc1ccc(C(F)(F)F)cc1)c1sccc1C. The van der Waals surface area contributed by atoms with Crippen molar-refractivity contribution in [2.24, 2.45) is 0 Å². The van der Waals surface area contributed by atoms with Crippen molar-refractivity contribution in [1.29, 1.82) is 0 Å². The molecule has 1 aromatic heterocycles. The first-order valence-electron chi connectivity index (χ1n) is 6.85. The normalized spacial score (nSPS) is 13.4. The van der Waals surface area contributed by atoms with Crippen LogP contribution in [-0.4, -0.2) is 6.54 Å². The van der Waals surface area contributed by atoms with Crippen LogP contribution in [0.1, 0.15) is 34.5 Å². The summed E-state index contributed by atoms with van der Waals surface area (Å²) in [7, 11) is 0. The van der Waals surface area contributed by atoms with Crippen LogP contribution in [0.15, 0.2) is 35.7 Å². The highest BCUT2D eigenvalue weighted by Crippen LogP contribution is 2.31. The van der Waals surface area contributed by atoms with E-state index in [2.05, 4.69) is 18.3 Å².